The lowest BCUT2D eigenvalue weighted by atomic mass is 10.2. The summed E-state index contributed by atoms with van der Waals surface area (Å²) in [5.74, 6) is 0.253. The van der Waals surface area contributed by atoms with Gasteiger partial charge in [-0.15, -0.1) is 11.3 Å². The van der Waals surface area contributed by atoms with Crippen LogP contribution in [0.2, 0.25) is 0 Å². The molecule has 1 aromatic heterocycles. The van der Waals surface area contributed by atoms with Crippen LogP contribution in [0.3, 0.4) is 0 Å². The van der Waals surface area contributed by atoms with E-state index < -0.39 is 0 Å². The summed E-state index contributed by atoms with van der Waals surface area (Å²) in [6.45, 7) is 1.70. The van der Waals surface area contributed by atoms with Crippen LogP contribution in [0, 0.1) is 0 Å². The van der Waals surface area contributed by atoms with Crippen LogP contribution in [-0.4, -0.2) is 5.11 Å². The summed E-state index contributed by atoms with van der Waals surface area (Å²) >= 11 is 8.66. The van der Waals surface area contributed by atoms with Crippen molar-refractivity contribution in [2.24, 2.45) is 0 Å². The van der Waals surface area contributed by atoms with Gasteiger partial charge in [0.25, 0.3) is 0 Å². The van der Waals surface area contributed by atoms with E-state index in [-0.39, 0.29) is 5.75 Å². The number of halogens is 2. The van der Waals surface area contributed by atoms with E-state index in [1.54, 1.807) is 10.4 Å². The van der Waals surface area contributed by atoms with Crippen LogP contribution in [-0.2, 0) is 25.9 Å². The van der Waals surface area contributed by atoms with Crippen molar-refractivity contribution < 1.29 is 5.11 Å². The number of aryl methyl sites for hydroxylation is 2. The van der Waals surface area contributed by atoms with Gasteiger partial charge < -0.3 is 10.4 Å². The molecule has 1 aliphatic carbocycles. The maximum atomic E-state index is 9.69. The quantitative estimate of drug-likeness (QED) is 0.753. The second kappa shape index (κ2) is 6.18. The van der Waals surface area contributed by atoms with Gasteiger partial charge in [0.15, 0.2) is 0 Å². The van der Waals surface area contributed by atoms with Crippen LogP contribution in [0.25, 0.3) is 0 Å². The summed E-state index contributed by atoms with van der Waals surface area (Å²) in [6.07, 6.45) is 3.84. The van der Waals surface area contributed by atoms with Crippen molar-refractivity contribution in [2.45, 2.75) is 32.4 Å². The predicted octanol–water partition coefficient (Wildman–Crippen LogP) is 4.76. The van der Waals surface area contributed by atoms with Gasteiger partial charge in [-0.05, 0) is 80.4 Å². The number of rotatable bonds is 4. The zero-order chi connectivity index (χ0) is 14.1. The molecule has 106 valence electrons. The number of aromatic hydroxyl groups is 1. The van der Waals surface area contributed by atoms with Crippen molar-refractivity contribution in [3.63, 3.8) is 0 Å². The first kappa shape index (κ1) is 14.6. The molecule has 1 heterocycles. The molecule has 2 N–H and O–H groups in total. The lowest BCUT2D eigenvalue weighted by Gasteiger charge is -2.07. The lowest BCUT2D eigenvalue weighted by molar-refractivity contribution is 0.468. The molecule has 5 heteroatoms. The molecular weight excluding hydrogens is 402 g/mol. The fraction of sp³-hybridized carbons (Fsp3) is 0.333. The van der Waals surface area contributed by atoms with E-state index in [1.165, 1.54) is 24.1 Å². The van der Waals surface area contributed by atoms with Gasteiger partial charge in [-0.25, -0.2) is 0 Å². The highest BCUT2D eigenvalue weighted by Gasteiger charge is 2.14. The first-order valence-corrected chi connectivity index (χ1v) is 9.02. The normalized spacial score (nSPS) is 13.7. The average molecular weight is 417 g/mol. The molecule has 20 heavy (non-hydrogen) atoms. The Morgan fingerprint density at radius 3 is 2.55 bits per heavy atom. The second-order valence-corrected chi connectivity index (χ2v) is 7.96. The summed E-state index contributed by atoms with van der Waals surface area (Å²) in [6, 6.07) is 6.24. The number of benzene rings is 1. The molecule has 0 spiro atoms. The van der Waals surface area contributed by atoms with Gasteiger partial charge in [0.1, 0.15) is 5.75 Å². The molecule has 0 unspecified atom stereocenters. The zero-order valence-electron chi connectivity index (χ0n) is 10.9. The molecule has 0 radical (unpaired) electrons. The molecule has 1 aromatic carbocycles. The number of nitrogens with one attached hydrogen (secondary N) is 1. The minimum Gasteiger partial charge on any atom is -0.506 e. The van der Waals surface area contributed by atoms with Crippen LogP contribution >= 0.6 is 43.2 Å². The molecule has 1 aliphatic rings. The Hall–Kier alpha value is -0.360. The van der Waals surface area contributed by atoms with Gasteiger partial charge in [-0.1, -0.05) is 0 Å². The summed E-state index contributed by atoms with van der Waals surface area (Å²) in [4.78, 5) is 3.00. The third kappa shape index (κ3) is 3.11. The summed E-state index contributed by atoms with van der Waals surface area (Å²) in [7, 11) is 0. The van der Waals surface area contributed by atoms with Gasteiger partial charge in [-0.3, -0.25) is 0 Å². The molecule has 2 nitrogen and oxygen atoms in total. The minimum absolute atomic E-state index is 0.253. The average Bonchev–Trinajstić information content (AvgIpc) is 2.96. The molecule has 0 amide bonds. The molecule has 3 rings (SSSR count). The highest BCUT2D eigenvalue weighted by atomic mass is 79.9. The maximum Gasteiger partial charge on any atom is 0.143 e. The Balaban J connectivity index is 1.59. The molecule has 2 aromatic rings. The first-order valence-electron chi connectivity index (χ1n) is 6.61. The van der Waals surface area contributed by atoms with Crippen molar-refractivity contribution in [2.75, 3.05) is 0 Å². The molecule has 0 aliphatic heterocycles. The lowest BCUT2D eigenvalue weighted by Crippen LogP contribution is -2.11. The van der Waals surface area contributed by atoms with E-state index in [1.807, 2.05) is 23.5 Å². The molecule has 0 saturated carbocycles. The van der Waals surface area contributed by atoms with Crippen LogP contribution in [0.4, 0.5) is 0 Å². The summed E-state index contributed by atoms with van der Waals surface area (Å²) < 4.78 is 1.44. The number of fused-ring (bicyclic) bond motifs is 1. The van der Waals surface area contributed by atoms with Crippen LogP contribution in [0.15, 0.2) is 27.1 Å². The molecule has 0 saturated heterocycles. The number of hydrogen-bond donors (Lipinski definition) is 2. The third-order valence-corrected chi connectivity index (χ3v) is 5.95. The van der Waals surface area contributed by atoms with Crippen molar-refractivity contribution >= 4 is 43.2 Å². The maximum absolute atomic E-state index is 9.69. The van der Waals surface area contributed by atoms with Crippen molar-refractivity contribution in [3.8, 4) is 5.75 Å². The fourth-order valence-electron chi connectivity index (χ4n) is 2.53. The topological polar surface area (TPSA) is 32.3 Å². The number of phenols is 1. The Labute approximate surface area is 139 Å². The Morgan fingerprint density at radius 2 is 1.85 bits per heavy atom. The van der Waals surface area contributed by atoms with E-state index >= 15 is 0 Å². The van der Waals surface area contributed by atoms with Gasteiger partial charge in [0, 0.05) is 22.8 Å². The highest BCUT2D eigenvalue weighted by molar-refractivity contribution is 9.11. The summed E-state index contributed by atoms with van der Waals surface area (Å²) in [5, 5.41) is 13.2. The van der Waals surface area contributed by atoms with E-state index in [0.29, 0.717) is 0 Å². The third-order valence-electron chi connectivity index (χ3n) is 3.50. The van der Waals surface area contributed by atoms with Crippen molar-refractivity contribution in [1.29, 1.82) is 0 Å². The van der Waals surface area contributed by atoms with Gasteiger partial charge in [0.05, 0.1) is 8.95 Å². The van der Waals surface area contributed by atoms with Crippen LogP contribution in [0.5, 0.6) is 5.75 Å². The molecule has 0 fully saturated rings. The Morgan fingerprint density at radius 1 is 1.10 bits per heavy atom. The molecule has 0 atom stereocenters. The SMILES string of the molecule is Oc1c(Br)cc(CNCc2cc3c(s2)CCC3)cc1Br. The van der Waals surface area contributed by atoms with E-state index in [9.17, 15) is 5.11 Å². The van der Waals surface area contributed by atoms with Gasteiger partial charge >= 0.3 is 0 Å². The smallest absolute Gasteiger partial charge is 0.143 e. The highest BCUT2D eigenvalue weighted by Crippen LogP contribution is 2.33. The largest absolute Gasteiger partial charge is 0.506 e. The Bertz CT molecular complexity index is 594. The zero-order valence-corrected chi connectivity index (χ0v) is 14.9. The van der Waals surface area contributed by atoms with E-state index in [0.717, 1.165) is 27.6 Å². The summed E-state index contributed by atoms with van der Waals surface area (Å²) in [5.41, 5.74) is 2.70. The number of thiophene rings is 1. The number of hydrogen-bond acceptors (Lipinski definition) is 3. The first-order chi connectivity index (χ1) is 9.63. The van der Waals surface area contributed by atoms with E-state index in [2.05, 4.69) is 43.2 Å². The predicted molar refractivity (Wildman–Crippen MR) is 90.4 cm³/mol. The van der Waals surface area contributed by atoms with Crippen molar-refractivity contribution in [1.82, 2.24) is 5.32 Å². The van der Waals surface area contributed by atoms with Crippen LogP contribution < -0.4 is 5.32 Å². The standard InChI is InChI=1S/C15H15Br2NOS/c16-12-4-9(5-13(17)15(12)19)7-18-8-11-6-10-2-1-3-14(10)20-11/h4-6,18-19H,1-3,7-8H2. The minimum atomic E-state index is 0.253. The van der Waals surface area contributed by atoms with Gasteiger partial charge in [0.2, 0.25) is 0 Å². The monoisotopic (exact) mass is 415 g/mol. The fourth-order valence-corrected chi connectivity index (χ4v) is 5.04. The molecule has 0 bridgehead atoms. The van der Waals surface area contributed by atoms with Crippen molar-refractivity contribution in [3.05, 3.63) is 48.0 Å². The van der Waals surface area contributed by atoms with E-state index in [4.69, 9.17) is 0 Å². The second-order valence-electron chi connectivity index (χ2n) is 5.03. The van der Waals surface area contributed by atoms with Gasteiger partial charge in [-0.2, -0.15) is 0 Å². The molecular formula is C15H15Br2NOS. The number of phenolic OH excluding ortho intramolecular Hbond substituents is 1. The van der Waals surface area contributed by atoms with Crippen LogP contribution in [0.1, 0.15) is 27.3 Å². The Kier molecular flexibility index (Phi) is 4.50.